The summed E-state index contributed by atoms with van der Waals surface area (Å²) in [7, 11) is -1.89. The summed E-state index contributed by atoms with van der Waals surface area (Å²) in [6.07, 6.45) is 1.34. The van der Waals surface area contributed by atoms with Crippen LogP contribution < -0.4 is 10.1 Å². The van der Waals surface area contributed by atoms with Crippen molar-refractivity contribution in [2.24, 2.45) is 5.92 Å². The number of nitrogens with zero attached hydrogens (tertiary/aromatic N) is 1. The minimum absolute atomic E-state index is 0.0436. The average molecular weight is 388 g/mol. The molecule has 3 rings (SSSR count). The van der Waals surface area contributed by atoms with Gasteiger partial charge < -0.3 is 10.1 Å². The Morgan fingerprint density at radius 3 is 2.70 bits per heavy atom. The normalized spacial score (nSPS) is 18.0. The number of methoxy groups -OCH3 is 1. The van der Waals surface area contributed by atoms with Crippen molar-refractivity contribution in [2.75, 3.05) is 25.5 Å². The summed E-state index contributed by atoms with van der Waals surface area (Å²) in [5.74, 6) is 0.0831. The van der Waals surface area contributed by atoms with Crippen molar-refractivity contribution in [3.05, 3.63) is 60.2 Å². The summed E-state index contributed by atoms with van der Waals surface area (Å²) in [4.78, 5) is 12.6. The monoisotopic (exact) mass is 388 g/mol. The highest BCUT2D eigenvalue weighted by Gasteiger charge is 2.32. The molecule has 0 saturated carbocycles. The van der Waals surface area contributed by atoms with Gasteiger partial charge in [-0.05, 0) is 30.5 Å². The summed E-state index contributed by atoms with van der Waals surface area (Å²) in [6.45, 7) is 0.670. The molecule has 7 heteroatoms. The Kier molecular flexibility index (Phi) is 6.13. The second-order valence-corrected chi connectivity index (χ2v) is 8.63. The number of hydrogen-bond donors (Lipinski definition) is 1. The highest BCUT2D eigenvalue weighted by molar-refractivity contribution is 7.88. The molecule has 0 aliphatic carbocycles. The van der Waals surface area contributed by atoms with E-state index in [0.29, 0.717) is 30.8 Å². The van der Waals surface area contributed by atoms with E-state index in [2.05, 4.69) is 5.32 Å². The number of benzene rings is 2. The molecule has 6 nitrogen and oxygen atoms in total. The van der Waals surface area contributed by atoms with Crippen LogP contribution in [0.5, 0.6) is 5.75 Å². The fourth-order valence-corrected chi connectivity index (χ4v) is 4.84. The Morgan fingerprint density at radius 2 is 1.96 bits per heavy atom. The number of sulfonamides is 1. The van der Waals surface area contributed by atoms with Crippen molar-refractivity contribution in [3.63, 3.8) is 0 Å². The number of piperidine rings is 1. The van der Waals surface area contributed by atoms with Crippen LogP contribution in [0.3, 0.4) is 0 Å². The first-order valence-electron chi connectivity index (χ1n) is 8.94. The second kappa shape index (κ2) is 8.54. The predicted octanol–water partition coefficient (Wildman–Crippen LogP) is 2.88. The van der Waals surface area contributed by atoms with Crippen molar-refractivity contribution in [1.82, 2.24) is 4.31 Å². The zero-order chi connectivity index (χ0) is 19.3. The molecule has 2 aromatic carbocycles. The molecule has 1 amide bonds. The minimum Gasteiger partial charge on any atom is -0.497 e. The summed E-state index contributed by atoms with van der Waals surface area (Å²) >= 11 is 0. The molecule has 1 N–H and O–H groups in total. The van der Waals surface area contributed by atoms with Crippen LogP contribution in [0.15, 0.2) is 54.6 Å². The second-order valence-electron chi connectivity index (χ2n) is 6.66. The van der Waals surface area contributed by atoms with Crippen molar-refractivity contribution < 1.29 is 17.9 Å². The van der Waals surface area contributed by atoms with E-state index in [0.717, 1.165) is 5.56 Å². The fraction of sp³-hybridized carbons (Fsp3) is 0.350. The topological polar surface area (TPSA) is 75.7 Å². The summed E-state index contributed by atoms with van der Waals surface area (Å²) in [5.41, 5.74) is 1.39. The Morgan fingerprint density at radius 1 is 1.19 bits per heavy atom. The van der Waals surface area contributed by atoms with Gasteiger partial charge in [0.25, 0.3) is 0 Å². The number of anilines is 1. The van der Waals surface area contributed by atoms with Crippen LogP contribution >= 0.6 is 0 Å². The van der Waals surface area contributed by atoms with E-state index in [1.807, 2.05) is 18.2 Å². The lowest BCUT2D eigenvalue weighted by atomic mass is 9.98. The molecule has 27 heavy (non-hydrogen) atoms. The average Bonchev–Trinajstić information content (AvgIpc) is 2.68. The van der Waals surface area contributed by atoms with Gasteiger partial charge in [-0.15, -0.1) is 0 Å². The Balaban J connectivity index is 1.65. The number of nitrogens with one attached hydrogen (secondary N) is 1. The van der Waals surface area contributed by atoms with Crippen molar-refractivity contribution in [3.8, 4) is 5.75 Å². The molecule has 1 heterocycles. The molecular weight excluding hydrogens is 364 g/mol. The standard InChI is InChI=1S/C20H24N2O4S/c1-26-19-11-5-10-18(13-19)21-20(23)17-9-6-12-22(14-17)27(24,25)15-16-7-3-2-4-8-16/h2-5,7-8,10-11,13,17H,6,9,12,14-15H2,1H3,(H,21,23)/t17-/m0/s1. The van der Waals surface area contributed by atoms with Gasteiger partial charge in [-0.1, -0.05) is 36.4 Å². The van der Waals surface area contributed by atoms with Crippen LogP contribution in [-0.4, -0.2) is 38.8 Å². The lowest BCUT2D eigenvalue weighted by Gasteiger charge is -2.31. The number of rotatable bonds is 6. The lowest BCUT2D eigenvalue weighted by molar-refractivity contribution is -0.120. The zero-order valence-electron chi connectivity index (χ0n) is 15.3. The molecular formula is C20H24N2O4S. The van der Waals surface area contributed by atoms with Crippen LogP contribution in [0.4, 0.5) is 5.69 Å². The van der Waals surface area contributed by atoms with E-state index in [-0.39, 0.29) is 24.1 Å². The Bertz CT molecular complexity index is 884. The van der Waals surface area contributed by atoms with Gasteiger partial charge in [0.2, 0.25) is 15.9 Å². The van der Waals surface area contributed by atoms with E-state index >= 15 is 0 Å². The SMILES string of the molecule is COc1cccc(NC(=O)[C@H]2CCCN(S(=O)(=O)Cc3ccccc3)C2)c1. The van der Waals surface area contributed by atoms with Gasteiger partial charge in [0.05, 0.1) is 18.8 Å². The highest BCUT2D eigenvalue weighted by Crippen LogP contribution is 2.24. The maximum Gasteiger partial charge on any atom is 0.228 e. The first-order valence-corrected chi connectivity index (χ1v) is 10.6. The van der Waals surface area contributed by atoms with Crippen LogP contribution in [0.1, 0.15) is 18.4 Å². The summed E-state index contributed by atoms with van der Waals surface area (Å²) in [5, 5.41) is 2.87. The van der Waals surface area contributed by atoms with Gasteiger partial charge in [0, 0.05) is 24.8 Å². The van der Waals surface area contributed by atoms with E-state index in [1.165, 1.54) is 4.31 Å². The minimum atomic E-state index is -3.45. The molecule has 1 aliphatic heterocycles. The molecule has 0 unspecified atom stereocenters. The largest absolute Gasteiger partial charge is 0.497 e. The first kappa shape index (κ1) is 19.4. The van der Waals surface area contributed by atoms with E-state index in [4.69, 9.17) is 4.74 Å². The van der Waals surface area contributed by atoms with Gasteiger partial charge in [0.15, 0.2) is 0 Å². The molecule has 0 aromatic heterocycles. The molecule has 0 radical (unpaired) electrons. The van der Waals surface area contributed by atoms with E-state index in [9.17, 15) is 13.2 Å². The fourth-order valence-electron chi connectivity index (χ4n) is 3.23. The van der Waals surface area contributed by atoms with Crippen LogP contribution in [0.2, 0.25) is 0 Å². The maximum absolute atomic E-state index is 12.7. The predicted molar refractivity (Wildman–Crippen MR) is 105 cm³/mol. The van der Waals surface area contributed by atoms with Gasteiger partial charge in [0.1, 0.15) is 5.75 Å². The number of carbonyl (C=O) groups excluding carboxylic acids is 1. The first-order chi connectivity index (χ1) is 13.0. The van der Waals surface area contributed by atoms with Crippen molar-refractivity contribution in [1.29, 1.82) is 0 Å². The number of amides is 1. The third-order valence-electron chi connectivity index (χ3n) is 4.68. The molecule has 144 valence electrons. The Labute approximate surface area is 160 Å². The maximum atomic E-state index is 12.7. The van der Waals surface area contributed by atoms with Gasteiger partial charge in [-0.25, -0.2) is 12.7 Å². The van der Waals surface area contributed by atoms with Gasteiger partial charge in [-0.3, -0.25) is 4.79 Å². The summed E-state index contributed by atoms with van der Waals surface area (Å²) in [6, 6.07) is 16.2. The quantitative estimate of drug-likeness (QED) is 0.826. The van der Waals surface area contributed by atoms with Crippen LogP contribution in [-0.2, 0) is 20.6 Å². The summed E-state index contributed by atoms with van der Waals surface area (Å²) < 4.78 is 32.1. The molecule has 1 atom stereocenters. The Hall–Kier alpha value is -2.38. The van der Waals surface area contributed by atoms with Crippen molar-refractivity contribution in [2.45, 2.75) is 18.6 Å². The van der Waals surface area contributed by atoms with Gasteiger partial charge >= 0.3 is 0 Å². The lowest BCUT2D eigenvalue weighted by Crippen LogP contribution is -2.44. The third kappa shape index (κ3) is 5.08. The third-order valence-corrected chi connectivity index (χ3v) is 6.49. The highest BCUT2D eigenvalue weighted by atomic mass is 32.2. The zero-order valence-corrected chi connectivity index (χ0v) is 16.1. The molecule has 0 spiro atoms. The van der Waals surface area contributed by atoms with Crippen molar-refractivity contribution >= 4 is 21.6 Å². The van der Waals surface area contributed by atoms with Crippen LogP contribution in [0.25, 0.3) is 0 Å². The molecule has 1 saturated heterocycles. The smallest absolute Gasteiger partial charge is 0.228 e. The molecule has 1 aliphatic rings. The number of carbonyl (C=O) groups is 1. The molecule has 1 fully saturated rings. The van der Waals surface area contributed by atoms with Gasteiger partial charge in [-0.2, -0.15) is 0 Å². The molecule has 0 bridgehead atoms. The van der Waals surface area contributed by atoms with E-state index in [1.54, 1.807) is 43.5 Å². The molecule has 2 aromatic rings. The van der Waals surface area contributed by atoms with Crippen LogP contribution in [0, 0.1) is 5.92 Å². The number of hydrogen-bond acceptors (Lipinski definition) is 4. The number of ether oxygens (including phenoxy) is 1. The van der Waals surface area contributed by atoms with E-state index < -0.39 is 10.0 Å².